The van der Waals surface area contributed by atoms with E-state index in [1.54, 1.807) is 7.11 Å². The number of hydrogen-bond donors (Lipinski definition) is 2. The molecule has 0 saturated heterocycles. The highest BCUT2D eigenvalue weighted by atomic mass is 32.1. The third kappa shape index (κ3) is 5.22. The van der Waals surface area contributed by atoms with E-state index in [1.165, 1.54) is 5.56 Å². The predicted octanol–water partition coefficient (Wildman–Crippen LogP) is 4.38. The molecule has 0 atom stereocenters. The first-order valence-electron chi connectivity index (χ1n) is 10.3. The quantitative estimate of drug-likeness (QED) is 0.544. The molecule has 31 heavy (non-hydrogen) atoms. The molecule has 4 rings (SSSR count). The molecule has 0 unspecified atom stereocenters. The number of nitrogens with one attached hydrogen (secondary N) is 2. The van der Waals surface area contributed by atoms with Crippen LogP contribution in [0.1, 0.15) is 27.0 Å². The van der Waals surface area contributed by atoms with Crippen LogP contribution in [-0.2, 0) is 19.5 Å². The largest absolute Gasteiger partial charge is 0.497 e. The number of benzene rings is 3. The molecule has 0 aliphatic carbocycles. The van der Waals surface area contributed by atoms with Crippen molar-refractivity contribution in [3.05, 3.63) is 95.1 Å². The highest BCUT2D eigenvalue weighted by Gasteiger charge is 2.20. The molecule has 158 valence electrons. The van der Waals surface area contributed by atoms with Crippen LogP contribution >= 0.6 is 12.2 Å². The number of hydrogen-bond acceptors (Lipinski definition) is 3. The molecule has 0 aromatic heterocycles. The summed E-state index contributed by atoms with van der Waals surface area (Å²) in [6.07, 6.45) is 0.934. The van der Waals surface area contributed by atoms with Crippen molar-refractivity contribution >= 4 is 28.9 Å². The van der Waals surface area contributed by atoms with Crippen molar-refractivity contribution in [2.24, 2.45) is 0 Å². The van der Waals surface area contributed by atoms with Gasteiger partial charge in [-0.3, -0.25) is 4.79 Å². The van der Waals surface area contributed by atoms with Crippen molar-refractivity contribution in [3.8, 4) is 5.75 Å². The van der Waals surface area contributed by atoms with E-state index in [0.29, 0.717) is 17.2 Å². The Kier molecular flexibility index (Phi) is 6.48. The Morgan fingerprint density at radius 3 is 2.58 bits per heavy atom. The summed E-state index contributed by atoms with van der Waals surface area (Å²) in [5.74, 6) is 0.683. The van der Waals surface area contributed by atoms with Crippen LogP contribution in [0.2, 0.25) is 0 Å². The highest BCUT2D eigenvalue weighted by molar-refractivity contribution is 7.80. The van der Waals surface area contributed by atoms with Gasteiger partial charge in [-0.15, -0.1) is 0 Å². The number of anilines is 1. The number of thiocarbonyl (C=S) groups is 1. The van der Waals surface area contributed by atoms with Crippen molar-refractivity contribution in [3.63, 3.8) is 0 Å². The summed E-state index contributed by atoms with van der Waals surface area (Å²) in [5.41, 5.74) is 4.95. The zero-order valence-electron chi connectivity index (χ0n) is 17.4. The van der Waals surface area contributed by atoms with Gasteiger partial charge in [-0.2, -0.15) is 0 Å². The minimum atomic E-state index is -0.113. The molecule has 0 saturated carbocycles. The van der Waals surface area contributed by atoms with Crippen molar-refractivity contribution in [1.82, 2.24) is 10.2 Å². The minimum Gasteiger partial charge on any atom is -0.497 e. The van der Waals surface area contributed by atoms with E-state index >= 15 is 0 Å². The van der Waals surface area contributed by atoms with Crippen LogP contribution in [0.3, 0.4) is 0 Å². The summed E-state index contributed by atoms with van der Waals surface area (Å²) in [4.78, 5) is 14.8. The summed E-state index contributed by atoms with van der Waals surface area (Å²) in [5, 5.41) is 6.95. The lowest BCUT2D eigenvalue weighted by Gasteiger charge is -2.32. The van der Waals surface area contributed by atoms with Gasteiger partial charge in [0.2, 0.25) is 0 Å². The van der Waals surface area contributed by atoms with Gasteiger partial charge in [-0.05, 0) is 59.6 Å². The lowest BCUT2D eigenvalue weighted by Crippen LogP contribution is -2.39. The topological polar surface area (TPSA) is 53.6 Å². The second-order valence-corrected chi connectivity index (χ2v) is 7.88. The maximum atomic E-state index is 12.6. The van der Waals surface area contributed by atoms with Gasteiger partial charge in [-0.1, -0.05) is 48.5 Å². The minimum absolute atomic E-state index is 0.113. The monoisotopic (exact) mass is 431 g/mol. The Balaban J connectivity index is 1.36. The normalized spacial score (nSPS) is 12.7. The van der Waals surface area contributed by atoms with Crippen LogP contribution < -0.4 is 15.4 Å². The first-order valence-corrected chi connectivity index (χ1v) is 10.7. The molecule has 0 bridgehead atoms. The Morgan fingerprint density at radius 2 is 1.84 bits per heavy atom. The number of rotatable bonds is 7. The van der Waals surface area contributed by atoms with E-state index in [0.717, 1.165) is 42.1 Å². The zero-order valence-corrected chi connectivity index (χ0v) is 18.2. The molecule has 6 heteroatoms. The molecule has 1 aliphatic rings. The Hall–Kier alpha value is -3.38. The molecule has 0 radical (unpaired) electrons. The Morgan fingerprint density at radius 1 is 1.06 bits per heavy atom. The molecule has 1 heterocycles. The first-order chi connectivity index (χ1) is 15.1. The molecule has 1 aliphatic heterocycles. The molecule has 2 N–H and O–H groups in total. The van der Waals surface area contributed by atoms with Crippen molar-refractivity contribution < 1.29 is 9.53 Å². The number of amides is 1. The number of carbonyl (C=O) groups is 1. The third-order valence-electron chi connectivity index (χ3n) is 5.39. The Labute approximate surface area is 188 Å². The van der Waals surface area contributed by atoms with Crippen LogP contribution in [0, 0.1) is 0 Å². The fourth-order valence-electron chi connectivity index (χ4n) is 3.56. The zero-order chi connectivity index (χ0) is 21.6. The van der Waals surface area contributed by atoms with Gasteiger partial charge in [0.1, 0.15) is 5.75 Å². The number of fused-ring (bicyclic) bond motifs is 1. The van der Waals surface area contributed by atoms with E-state index in [4.69, 9.17) is 17.0 Å². The van der Waals surface area contributed by atoms with E-state index in [9.17, 15) is 4.79 Å². The van der Waals surface area contributed by atoms with Gasteiger partial charge in [0.15, 0.2) is 5.11 Å². The van der Waals surface area contributed by atoms with Crippen molar-refractivity contribution in [1.29, 1.82) is 0 Å². The van der Waals surface area contributed by atoms with E-state index in [-0.39, 0.29) is 5.91 Å². The standard InChI is InChI=1S/C25H25N3O2S/c1-30-22-11-7-19(8-12-22)16-26-24(29)20-9-10-21-17-28(25(31)27-23(21)15-20)14-13-18-5-3-2-4-6-18/h2-12,15H,13-14,16-17H2,1H3,(H,26,29)(H,27,31). The van der Waals surface area contributed by atoms with Crippen molar-refractivity contribution in [2.75, 3.05) is 19.0 Å². The van der Waals surface area contributed by atoms with Gasteiger partial charge >= 0.3 is 0 Å². The van der Waals surface area contributed by atoms with Gasteiger partial charge in [-0.25, -0.2) is 0 Å². The van der Waals surface area contributed by atoms with E-state index < -0.39 is 0 Å². The maximum absolute atomic E-state index is 12.6. The van der Waals surface area contributed by atoms with Crippen LogP contribution in [-0.4, -0.2) is 29.6 Å². The summed E-state index contributed by atoms with van der Waals surface area (Å²) in [6, 6.07) is 23.8. The van der Waals surface area contributed by atoms with Gasteiger partial charge in [0, 0.05) is 30.9 Å². The lowest BCUT2D eigenvalue weighted by molar-refractivity contribution is 0.0951. The second-order valence-electron chi connectivity index (χ2n) is 7.49. The number of carbonyl (C=O) groups excluding carboxylic acids is 1. The average molecular weight is 432 g/mol. The average Bonchev–Trinajstić information content (AvgIpc) is 2.81. The highest BCUT2D eigenvalue weighted by Crippen LogP contribution is 2.25. The summed E-state index contributed by atoms with van der Waals surface area (Å²) < 4.78 is 5.16. The van der Waals surface area contributed by atoms with Gasteiger partial charge in [0.25, 0.3) is 5.91 Å². The summed E-state index contributed by atoms with van der Waals surface area (Å²) >= 11 is 5.57. The number of nitrogens with zero attached hydrogens (tertiary/aromatic N) is 1. The van der Waals surface area contributed by atoms with E-state index in [1.807, 2.05) is 48.5 Å². The maximum Gasteiger partial charge on any atom is 0.251 e. The van der Waals surface area contributed by atoms with Gasteiger partial charge < -0.3 is 20.3 Å². The fourth-order valence-corrected chi connectivity index (χ4v) is 3.83. The molecule has 3 aromatic rings. The van der Waals surface area contributed by atoms with E-state index in [2.05, 4.69) is 39.8 Å². The molecule has 0 fully saturated rings. The summed E-state index contributed by atoms with van der Waals surface area (Å²) in [6.45, 7) is 2.04. The molecule has 1 amide bonds. The molecule has 5 nitrogen and oxygen atoms in total. The fraction of sp³-hybridized carbons (Fsp3) is 0.200. The van der Waals surface area contributed by atoms with Crippen LogP contribution in [0.25, 0.3) is 0 Å². The molecular weight excluding hydrogens is 406 g/mol. The molecule has 3 aromatic carbocycles. The van der Waals surface area contributed by atoms with Crippen molar-refractivity contribution in [2.45, 2.75) is 19.5 Å². The molecular formula is C25H25N3O2S. The van der Waals surface area contributed by atoms with Crippen LogP contribution in [0.5, 0.6) is 5.75 Å². The third-order valence-corrected chi connectivity index (χ3v) is 5.75. The number of ether oxygens (including phenoxy) is 1. The lowest BCUT2D eigenvalue weighted by atomic mass is 10.1. The Bertz CT molecular complexity index is 1070. The number of methoxy groups -OCH3 is 1. The summed E-state index contributed by atoms with van der Waals surface area (Å²) in [7, 11) is 1.63. The molecule has 0 spiro atoms. The second kappa shape index (κ2) is 9.62. The van der Waals surface area contributed by atoms with Gasteiger partial charge in [0.05, 0.1) is 7.11 Å². The smallest absolute Gasteiger partial charge is 0.251 e. The SMILES string of the molecule is COc1ccc(CNC(=O)c2ccc3c(c2)NC(=S)N(CCc2ccccc2)C3)cc1. The van der Waals surface area contributed by atoms with Crippen LogP contribution in [0.15, 0.2) is 72.8 Å². The predicted molar refractivity (Wildman–Crippen MR) is 127 cm³/mol. The first kappa shape index (κ1) is 20.9. The van der Waals surface area contributed by atoms with Crippen LogP contribution in [0.4, 0.5) is 5.69 Å².